The summed E-state index contributed by atoms with van der Waals surface area (Å²) in [5.41, 5.74) is 1.34. The van der Waals surface area contributed by atoms with Gasteiger partial charge in [-0.25, -0.2) is 17.9 Å². The zero-order valence-electron chi connectivity index (χ0n) is 15.2. The summed E-state index contributed by atoms with van der Waals surface area (Å²) in [4.78, 5) is 8.41. The molecule has 6 nitrogen and oxygen atoms in total. The molecule has 0 bridgehead atoms. The predicted molar refractivity (Wildman–Crippen MR) is 101 cm³/mol. The standard InChI is InChI=1S/C19H19F3N6/c1-26-4-6-27(7-5-26)16-9-14(21)8-15(11-16)24-19-23-12-28(25-19)18-3-2-13(20)10-17(18)22/h2-3,8-12H,4-7H2,1H3,(H,24,25). The number of likely N-dealkylation sites (N-methyl/N-ethyl adjacent to an activating group) is 1. The lowest BCUT2D eigenvalue weighted by molar-refractivity contribution is 0.313. The minimum Gasteiger partial charge on any atom is -0.369 e. The van der Waals surface area contributed by atoms with Gasteiger partial charge in [-0.15, -0.1) is 5.10 Å². The van der Waals surface area contributed by atoms with E-state index in [0.29, 0.717) is 5.69 Å². The second-order valence-electron chi connectivity index (χ2n) is 6.72. The molecule has 1 aliphatic heterocycles. The van der Waals surface area contributed by atoms with Crippen molar-refractivity contribution in [2.75, 3.05) is 43.4 Å². The summed E-state index contributed by atoms with van der Waals surface area (Å²) in [5.74, 6) is -1.61. The topological polar surface area (TPSA) is 49.2 Å². The molecule has 0 unspecified atom stereocenters. The molecule has 0 saturated carbocycles. The number of hydrogen-bond donors (Lipinski definition) is 1. The van der Waals surface area contributed by atoms with E-state index in [0.717, 1.165) is 44.0 Å². The van der Waals surface area contributed by atoms with Gasteiger partial charge in [0, 0.05) is 43.6 Å². The number of halogens is 3. The van der Waals surface area contributed by atoms with Gasteiger partial charge in [-0.1, -0.05) is 0 Å². The lowest BCUT2D eigenvalue weighted by Crippen LogP contribution is -2.44. The molecule has 0 amide bonds. The quantitative estimate of drug-likeness (QED) is 0.744. The number of rotatable bonds is 4. The SMILES string of the molecule is CN1CCN(c2cc(F)cc(Nc3ncn(-c4ccc(F)cc4F)n3)c2)CC1. The molecule has 0 atom stereocenters. The molecule has 28 heavy (non-hydrogen) atoms. The Balaban J connectivity index is 1.54. The van der Waals surface area contributed by atoms with E-state index in [1.807, 2.05) is 6.07 Å². The van der Waals surface area contributed by atoms with Gasteiger partial charge < -0.3 is 15.1 Å². The molecule has 4 rings (SSSR count). The van der Waals surface area contributed by atoms with Crippen LogP contribution in [-0.2, 0) is 0 Å². The van der Waals surface area contributed by atoms with E-state index in [2.05, 4.69) is 32.2 Å². The smallest absolute Gasteiger partial charge is 0.246 e. The van der Waals surface area contributed by atoms with E-state index in [9.17, 15) is 13.2 Å². The Bertz CT molecular complexity index is 982. The summed E-state index contributed by atoms with van der Waals surface area (Å²) in [5, 5.41) is 7.07. The highest BCUT2D eigenvalue weighted by Gasteiger charge is 2.16. The summed E-state index contributed by atoms with van der Waals surface area (Å²) in [6.45, 7) is 3.45. The van der Waals surface area contributed by atoms with Crippen LogP contribution in [0.15, 0.2) is 42.7 Å². The summed E-state index contributed by atoms with van der Waals surface area (Å²) in [7, 11) is 2.06. The second kappa shape index (κ2) is 7.51. The number of aromatic nitrogens is 3. The third kappa shape index (κ3) is 3.94. The van der Waals surface area contributed by atoms with Crippen LogP contribution in [0.3, 0.4) is 0 Å². The highest BCUT2D eigenvalue weighted by molar-refractivity contribution is 5.62. The van der Waals surface area contributed by atoms with Crippen molar-refractivity contribution < 1.29 is 13.2 Å². The van der Waals surface area contributed by atoms with E-state index in [-0.39, 0.29) is 17.5 Å². The molecule has 9 heteroatoms. The van der Waals surface area contributed by atoms with Crippen LogP contribution in [0.4, 0.5) is 30.5 Å². The fraction of sp³-hybridized carbons (Fsp3) is 0.263. The normalized spacial score (nSPS) is 15.1. The minimum atomic E-state index is -0.750. The zero-order chi connectivity index (χ0) is 19.7. The molecule has 1 saturated heterocycles. The largest absolute Gasteiger partial charge is 0.369 e. The summed E-state index contributed by atoms with van der Waals surface area (Å²) >= 11 is 0. The highest BCUT2D eigenvalue weighted by Crippen LogP contribution is 2.25. The monoisotopic (exact) mass is 388 g/mol. The number of benzene rings is 2. The Morgan fingerprint density at radius 2 is 1.71 bits per heavy atom. The number of nitrogens with one attached hydrogen (secondary N) is 1. The van der Waals surface area contributed by atoms with Gasteiger partial charge in [0.25, 0.3) is 0 Å². The summed E-state index contributed by atoms with van der Waals surface area (Å²) in [6.07, 6.45) is 1.30. The van der Waals surface area contributed by atoms with Crippen molar-refractivity contribution in [3.05, 3.63) is 60.2 Å². The first-order valence-corrected chi connectivity index (χ1v) is 8.86. The highest BCUT2D eigenvalue weighted by atomic mass is 19.1. The molecular weight excluding hydrogens is 369 g/mol. The van der Waals surface area contributed by atoms with Crippen LogP contribution >= 0.6 is 0 Å². The Labute approximate surface area is 160 Å². The third-order valence-electron chi connectivity index (χ3n) is 4.66. The molecule has 2 aromatic carbocycles. The molecule has 2 heterocycles. The lowest BCUT2D eigenvalue weighted by Gasteiger charge is -2.34. The fourth-order valence-electron chi connectivity index (χ4n) is 3.13. The van der Waals surface area contributed by atoms with Crippen LogP contribution in [0.5, 0.6) is 0 Å². The molecule has 0 radical (unpaired) electrons. The van der Waals surface area contributed by atoms with Gasteiger partial charge in [0.15, 0.2) is 5.82 Å². The first kappa shape index (κ1) is 18.3. The zero-order valence-corrected chi connectivity index (χ0v) is 15.2. The van der Waals surface area contributed by atoms with Crippen molar-refractivity contribution in [3.8, 4) is 5.69 Å². The van der Waals surface area contributed by atoms with Crippen LogP contribution in [0.1, 0.15) is 0 Å². The van der Waals surface area contributed by atoms with Crippen LogP contribution in [0, 0.1) is 17.5 Å². The maximum Gasteiger partial charge on any atom is 0.246 e. The van der Waals surface area contributed by atoms with Gasteiger partial charge in [-0.2, -0.15) is 4.98 Å². The second-order valence-corrected chi connectivity index (χ2v) is 6.72. The Hall–Kier alpha value is -3.07. The van der Waals surface area contributed by atoms with Crippen LogP contribution in [-0.4, -0.2) is 52.9 Å². The van der Waals surface area contributed by atoms with Gasteiger partial charge in [0.05, 0.1) is 0 Å². The Kier molecular flexibility index (Phi) is 4.91. The van der Waals surface area contributed by atoms with E-state index in [1.54, 1.807) is 0 Å². The molecule has 146 valence electrons. The number of hydrogen-bond acceptors (Lipinski definition) is 5. The lowest BCUT2D eigenvalue weighted by atomic mass is 10.2. The molecular formula is C19H19F3N6. The number of anilines is 3. The molecule has 0 aliphatic carbocycles. The van der Waals surface area contributed by atoms with Crippen molar-refractivity contribution in [3.63, 3.8) is 0 Å². The summed E-state index contributed by atoms with van der Waals surface area (Å²) < 4.78 is 42.3. The maximum atomic E-state index is 14.1. The first-order chi connectivity index (χ1) is 13.5. The van der Waals surface area contributed by atoms with E-state index >= 15 is 0 Å². The molecule has 1 N–H and O–H groups in total. The van der Waals surface area contributed by atoms with Gasteiger partial charge >= 0.3 is 0 Å². The van der Waals surface area contributed by atoms with Crippen molar-refractivity contribution in [2.45, 2.75) is 0 Å². The fourth-order valence-corrected chi connectivity index (χ4v) is 3.13. The molecule has 1 aromatic heterocycles. The average Bonchev–Trinajstić information content (AvgIpc) is 3.10. The third-order valence-corrected chi connectivity index (χ3v) is 4.66. The molecule has 3 aromatic rings. The van der Waals surface area contributed by atoms with Gasteiger partial charge in [-0.05, 0) is 37.4 Å². The van der Waals surface area contributed by atoms with Gasteiger partial charge in [0.2, 0.25) is 5.95 Å². The average molecular weight is 388 g/mol. The first-order valence-electron chi connectivity index (χ1n) is 8.86. The Morgan fingerprint density at radius 3 is 2.46 bits per heavy atom. The van der Waals surface area contributed by atoms with Crippen LogP contribution in [0.2, 0.25) is 0 Å². The number of nitrogens with zero attached hydrogens (tertiary/aromatic N) is 5. The molecule has 0 spiro atoms. The van der Waals surface area contributed by atoms with Crippen molar-refractivity contribution in [1.29, 1.82) is 0 Å². The van der Waals surface area contributed by atoms with E-state index < -0.39 is 11.6 Å². The minimum absolute atomic E-state index is 0.0688. The van der Waals surface area contributed by atoms with Crippen LogP contribution < -0.4 is 10.2 Å². The van der Waals surface area contributed by atoms with Crippen molar-refractivity contribution in [1.82, 2.24) is 19.7 Å². The van der Waals surface area contributed by atoms with Gasteiger partial charge in [0.1, 0.15) is 23.6 Å². The Morgan fingerprint density at radius 1 is 0.929 bits per heavy atom. The molecule has 1 aliphatic rings. The number of piperazine rings is 1. The molecule has 1 fully saturated rings. The predicted octanol–water partition coefficient (Wildman–Crippen LogP) is 3.18. The van der Waals surface area contributed by atoms with Crippen LogP contribution in [0.25, 0.3) is 5.69 Å². The summed E-state index contributed by atoms with van der Waals surface area (Å²) in [6, 6.07) is 7.86. The van der Waals surface area contributed by atoms with E-state index in [1.165, 1.54) is 29.2 Å². The van der Waals surface area contributed by atoms with Crippen molar-refractivity contribution in [2.24, 2.45) is 0 Å². The van der Waals surface area contributed by atoms with Gasteiger partial charge in [-0.3, -0.25) is 0 Å². The van der Waals surface area contributed by atoms with E-state index in [4.69, 9.17) is 0 Å². The maximum absolute atomic E-state index is 14.1. The van der Waals surface area contributed by atoms with Crippen molar-refractivity contribution >= 4 is 17.3 Å².